The van der Waals surface area contributed by atoms with Crippen molar-refractivity contribution in [2.75, 3.05) is 0 Å². The summed E-state index contributed by atoms with van der Waals surface area (Å²) in [6.07, 6.45) is 18.4. The van der Waals surface area contributed by atoms with Gasteiger partial charge >= 0.3 is 0 Å². The van der Waals surface area contributed by atoms with Crippen LogP contribution in [0.4, 0.5) is 0 Å². The van der Waals surface area contributed by atoms with Gasteiger partial charge in [0.2, 0.25) is 0 Å². The van der Waals surface area contributed by atoms with Crippen LogP contribution in [0.1, 0.15) is 84.3 Å². The van der Waals surface area contributed by atoms with Crippen LogP contribution in [0.3, 0.4) is 0 Å². The van der Waals surface area contributed by atoms with Crippen molar-refractivity contribution in [1.82, 2.24) is 9.97 Å². The van der Waals surface area contributed by atoms with Gasteiger partial charge in [-0.05, 0) is 111 Å². The molecule has 4 aliphatic rings. The minimum atomic E-state index is -0.0960. The lowest BCUT2D eigenvalue weighted by Gasteiger charge is -2.58. The van der Waals surface area contributed by atoms with E-state index >= 15 is 0 Å². The molecule has 1 unspecified atom stereocenters. The summed E-state index contributed by atoms with van der Waals surface area (Å²) >= 11 is 0. The maximum Gasteiger partial charge on any atom is 0.115 e. The fourth-order valence-corrected chi connectivity index (χ4v) is 8.66. The third-order valence-electron chi connectivity index (χ3n) is 10.3. The summed E-state index contributed by atoms with van der Waals surface area (Å²) in [6.45, 7) is 7.70. The van der Waals surface area contributed by atoms with Gasteiger partial charge in [-0.15, -0.1) is 0 Å². The summed E-state index contributed by atoms with van der Waals surface area (Å²) in [5, 5.41) is 10.2. The summed E-state index contributed by atoms with van der Waals surface area (Å²) < 4.78 is 0. The van der Waals surface area contributed by atoms with Crippen LogP contribution in [-0.2, 0) is 6.42 Å². The second-order valence-corrected chi connectivity index (χ2v) is 11.6. The average Bonchev–Trinajstić information content (AvgIpc) is 3.10. The van der Waals surface area contributed by atoms with Crippen molar-refractivity contribution in [1.29, 1.82) is 0 Å². The van der Waals surface area contributed by atoms with E-state index < -0.39 is 0 Å². The molecule has 0 aliphatic heterocycles. The highest BCUT2D eigenvalue weighted by molar-refractivity contribution is 5.25. The molecule has 0 saturated heterocycles. The van der Waals surface area contributed by atoms with E-state index in [1.165, 1.54) is 50.6 Å². The Kier molecular flexibility index (Phi) is 5.32. The van der Waals surface area contributed by atoms with Crippen molar-refractivity contribution in [2.45, 2.75) is 91.1 Å². The molecular weight excluding hydrogens is 368 g/mol. The molecule has 1 aromatic rings. The highest BCUT2D eigenvalue weighted by Crippen LogP contribution is 2.67. The number of rotatable bonds is 4. The number of aryl methyl sites for hydroxylation is 1. The summed E-state index contributed by atoms with van der Waals surface area (Å²) in [5.74, 6) is 4.23. The first-order valence-corrected chi connectivity index (χ1v) is 12.5. The smallest absolute Gasteiger partial charge is 0.115 e. The van der Waals surface area contributed by atoms with Crippen LogP contribution >= 0.6 is 0 Å². The first-order chi connectivity index (χ1) is 14.4. The number of allylic oxidation sites excluding steroid dienone is 1. The van der Waals surface area contributed by atoms with Crippen LogP contribution in [0.25, 0.3) is 0 Å². The second kappa shape index (κ2) is 7.73. The Labute approximate surface area is 182 Å². The zero-order valence-electron chi connectivity index (χ0n) is 19.2. The van der Waals surface area contributed by atoms with Gasteiger partial charge in [-0.1, -0.05) is 32.4 Å². The monoisotopic (exact) mass is 408 g/mol. The fourth-order valence-electron chi connectivity index (χ4n) is 8.66. The summed E-state index contributed by atoms with van der Waals surface area (Å²) in [4.78, 5) is 8.51. The highest BCUT2D eigenvalue weighted by Gasteiger charge is 2.59. The molecule has 4 aliphatic carbocycles. The molecule has 30 heavy (non-hydrogen) atoms. The van der Waals surface area contributed by atoms with E-state index in [-0.39, 0.29) is 6.10 Å². The van der Waals surface area contributed by atoms with Gasteiger partial charge in [0.15, 0.2) is 0 Å². The number of hydrogen-bond donors (Lipinski definition) is 1. The van der Waals surface area contributed by atoms with Gasteiger partial charge in [-0.3, -0.25) is 0 Å². The molecule has 0 amide bonds. The normalized spacial score (nSPS) is 43.9. The van der Waals surface area contributed by atoms with E-state index in [1.54, 1.807) is 11.9 Å². The van der Waals surface area contributed by atoms with Crippen molar-refractivity contribution in [2.24, 2.45) is 40.4 Å². The lowest BCUT2D eigenvalue weighted by atomic mass is 9.47. The molecule has 1 aromatic heterocycles. The average molecular weight is 409 g/mol. The zero-order chi connectivity index (χ0) is 20.9. The second-order valence-electron chi connectivity index (χ2n) is 11.6. The van der Waals surface area contributed by atoms with Crippen molar-refractivity contribution < 1.29 is 5.11 Å². The third kappa shape index (κ3) is 3.27. The molecule has 0 spiro atoms. The number of fused-ring (bicyclic) bond motifs is 5. The Bertz CT molecular complexity index is 791. The van der Waals surface area contributed by atoms with Crippen LogP contribution in [0, 0.1) is 40.4 Å². The SMILES string of the molecule is CC(CCc1ccncn1)[C@H]1CC[C@H]2[C@@H]3CC=C4C[C@@H](O)CC[C@]4(C)[C@H]3CC[C@]12C. The maximum absolute atomic E-state index is 10.2. The van der Waals surface area contributed by atoms with Gasteiger partial charge in [-0.25, -0.2) is 9.97 Å². The molecule has 3 saturated carbocycles. The van der Waals surface area contributed by atoms with E-state index in [2.05, 4.69) is 42.9 Å². The lowest BCUT2D eigenvalue weighted by Crippen LogP contribution is -2.50. The molecule has 1 N–H and O–H groups in total. The third-order valence-corrected chi connectivity index (χ3v) is 10.3. The molecule has 5 rings (SSSR count). The Morgan fingerprint density at radius 2 is 2.00 bits per heavy atom. The first-order valence-electron chi connectivity index (χ1n) is 12.5. The van der Waals surface area contributed by atoms with Gasteiger partial charge in [0.25, 0.3) is 0 Å². The zero-order valence-corrected chi connectivity index (χ0v) is 19.2. The maximum atomic E-state index is 10.2. The van der Waals surface area contributed by atoms with Gasteiger partial charge < -0.3 is 5.11 Å². The highest BCUT2D eigenvalue weighted by atomic mass is 16.3. The Morgan fingerprint density at radius 1 is 1.13 bits per heavy atom. The van der Waals surface area contributed by atoms with E-state index in [0.29, 0.717) is 10.8 Å². The first kappa shape index (κ1) is 20.7. The Hall–Kier alpha value is -1.22. The molecule has 1 heterocycles. The summed E-state index contributed by atoms with van der Waals surface area (Å²) in [6, 6.07) is 2.07. The van der Waals surface area contributed by atoms with Crippen LogP contribution in [0.5, 0.6) is 0 Å². The van der Waals surface area contributed by atoms with Crippen molar-refractivity contribution >= 4 is 0 Å². The molecule has 3 nitrogen and oxygen atoms in total. The van der Waals surface area contributed by atoms with Crippen LogP contribution in [0.2, 0.25) is 0 Å². The lowest BCUT2D eigenvalue weighted by molar-refractivity contribution is -0.0571. The van der Waals surface area contributed by atoms with Crippen LogP contribution in [0.15, 0.2) is 30.2 Å². The number of nitrogens with zero attached hydrogens (tertiary/aromatic N) is 2. The molecule has 3 fully saturated rings. The van der Waals surface area contributed by atoms with Crippen LogP contribution in [-0.4, -0.2) is 21.2 Å². The fraction of sp³-hybridized carbons (Fsp3) is 0.778. The Balaban J connectivity index is 1.31. The van der Waals surface area contributed by atoms with Gasteiger partial charge in [0, 0.05) is 11.9 Å². The summed E-state index contributed by atoms with van der Waals surface area (Å²) in [7, 11) is 0. The van der Waals surface area contributed by atoms with Gasteiger partial charge in [0.05, 0.1) is 6.10 Å². The van der Waals surface area contributed by atoms with Gasteiger partial charge in [-0.2, -0.15) is 0 Å². The van der Waals surface area contributed by atoms with E-state index in [1.807, 2.05) is 6.20 Å². The van der Waals surface area contributed by atoms with E-state index in [0.717, 1.165) is 48.9 Å². The van der Waals surface area contributed by atoms with Crippen molar-refractivity contribution in [3.63, 3.8) is 0 Å². The topological polar surface area (TPSA) is 46.0 Å². The van der Waals surface area contributed by atoms with Crippen LogP contribution < -0.4 is 0 Å². The number of hydrogen-bond acceptors (Lipinski definition) is 3. The molecule has 3 heteroatoms. The van der Waals surface area contributed by atoms with Crippen molar-refractivity contribution in [3.8, 4) is 0 Å². The molecule has 164 valence electrons. The number of aliphatic hydroxyl groups is 1. The molecule has 0 radical (unpaired) electrons. The van der Waals surface area contributed by atoms with Crippen molar-refractivity contribution in [3.05, 3.63) is 35.9 Å². The summed E-state index contributed by atoms with van der Waals surface area (Å²) in [5.41, 5.74) is 3.67. The predicted octanol–water partition coefficient (Wildman–Crippen LogP) is 5.99. The Morgan fingerprint density at radius 3 is 2.80 bits per heavy atom. The molecule has 8 atom stereocenters. The molecule has 0 aromatic carbocycles. The number of aliphatic hydroxyl groups excluding tert-OH is 1. The predicted molar refractivity (Wildman–Crippen MR) is 121 cm³/mol. The molecular formula is C27H40N2O. The van der Waals surface area contributed by atoms with E-state index in [4.69, 9.17) is 0 Å². The molecule has 0 bridgehead atoms. The standard InChI is InChI=1S/C27H40N2O/c1-18(4-6-20-12-15-28-17-29-20)23-8-9-24-22-7-5-19-16-21(30)10-13-26(19,2)25(22)11-14-27(23,24)3/h5,12,15,17-18,21-25,30H,4,6-11,13-14,16H2,1-3H3/t18?,21-,22-,23+,24-,25-,26-,27+/m0/s1. The number of aromatic nitrogens is 2. The van der Waals surface area contributed by atoms with Gasteiger partial charge in [0.1, 0.15) is 6.33 Å². The minimum Gasteiger partial charge on any atom is -0.393 e. The quantitative estimate of drug-likeness (QED) is 0.623. The minimum absolute atomic E-state index is 0.0960. The van der Waals surface area contributed by atoms with E-state index in [9.17, 15) is 5.11 Å². The largest absolute Gasteiger partial charge is 0.393 e.